The molecule has 2 aromatic heterocycles. The van der Waals surface area contributed by atoms with Crippen LogP contribution >= 0.6 is 0 Å². The Morgan fingerprint density at radius 1 is 1.07 bits per heavy atom. The van der Waals surface area contributed by atoms with Crippen LogP contribution in [0, 0.1) is 0 Å². The summed E-state index contributed by atoms with van der Waals surface area (Å²) in [5.74, 6) is 0.645. The first-order valence-electron chi connectivity index (χ1n) is 9.92. The van der Waals surface area contributed by atoms with Gasteiger partial charge >= 0.3 is 0 Å². The van der Waals surface area contributed by atoms with Gasteiger partial charge in [-0.3, -0.25) is 4.72 Å². The van der Waals surface area contributed by atoms with Crippen LogP contribution in [0.1, 0.15) is 32.7 Å². The Hall–Kier alpha value is -3.14. The van der Waals surface area contributed by atoms with Crippen LogP contribution in [0.15, 0.2) is 54.1 Å². The SMILES string of the molecule is CC(C)n1cnc(S(=O)(=O)Nc2ccc(Nc3cc(N4CCCC4)cnn3)cc2)c1. The third-order valence-electron chi connectivity index (χ3n) is 4.97. The summed E-state index contributed by atoms with van der Waals surface area (Å²) in [5.41, 5.74) is 2.29. The lowest BCUT2D eigenvalue weighted by Crippen LogP contribution is -2.18. The summed E-state index contributed by atoms with van der Waals surface area (Å²) in [5, 5.41) is 11.4. The smallest absolute Gasteiger partial charge is 0.280 e. The number of hydrogen-bond donors (Lipinski definition) is 2. The van der Waals surface area contributed by atoms with Gasteiger partial charge in [0.2, 0.25) is 0 Å². The number of nitrogens with one attached hydrogen (secondary N) is 2. The summed E-state index contributed by atoms with van der Waals surface area (Å²) in [6.45, 7) is 6.00. The van der Waals surface area contributed by atoms with Crippen molar-refractivity contribution in [1.29, 1.82) is 0 Å². The minimum atomic E-state index is -3.74. The predicted molar refractivity (Wildman–Crippen MR) is 117 cm³/mol. The normalized spacial score (nSPS) is 14.3. The van der Waals surface area contributed by atoms with Crippen LogP contribution in [0.25, 0.3) is 0 Å². The van der Waals surface area contributed by atoms with Gasteiger partial charge in [-0.1, -0.05) is 0 Å². The summed E-state index contributed by atoms with van der Waals surface area (Å²) < 4.78 is 29.4. The molecule has 158 valence electrons. The zero-order chi connectivity index (χ0) is 21.1. The fourth-order valence-electron chi connectivity index (χ4n) is 3.28. The van der Waals surface area contributed by atoms with Crippen molar-refractivity contribution in [3.8, 4) is 0 Å². The molecular weight excluding hydrogens is 402 g/mol. The predicted octanol–water partition coefficient (Wildman–Crippen LogP) is 3.40. The van der Waals surface area contributed by atoms with Crippen molar-refractivity contribution in [3.05, 3.63) is 49.1 Å². The minimum absolute atomic E-state index is 0.00703. The Balaban J connectivity index is 1.43. The molecule has 1 fully saturated rings. The fraction of sp³-hybridized carbons (Fsp3) is 0.350. The first-order chi connectivity index (χ1) is 14.4. The molecule has 0 spiro atoms. The molecule has 1 aliphatic heterocycles. The first kappa shape index (κ1) is 20.1. The third kappa shape index (κ3) is 4.54. The minimum Gasteiger partial charge on any atom is -0.370 e. The molecule has 1 aliphatic rings. The Kier molecular flexibility index (Phi) is 5.58. The van der Waals surface area contributed by atoms with Gasteiger partial charge in [-0.2, -0.15) is 13.5 Å². The van der Waals surface area contributed by atoms with Crippen LogP contribution in [0.4, 0.5) is 22.9 Å². The van der Waals surface area contributed by atoms with Crippen LogP contribution in [0.3, 0.4) is 0 Å². The highest BCUT2D eigenvalue weighted by atomic mass is 32.2. The zero-order valence-electron chi connectivity index (χ0n) is 17.0. The van der Waals surface area contributed by atoms with E-state index in [1.807, 2.05) is 19.9 Å². The van der Waals surface area contributed by atoms with Gasteiger partial charge in [0.05, 0.1) is 18.2 Å². The molecule has 4 rings (SSSR count). The van der Waals surface area contributed by atoms with E-state index in [2.05, 4.69) is 30.1 Å². The second-order valence-corrected chi connectivity index (χ2v) is 9.18. The number of sulfonamides is 1. The quantitative estimate of drug-likeness (QED) is 0.595. The van der Waals surface area contributed by atoms with E-state index in [-0.39, 0.29) is 11.1 Å². The van der Waals surface area contributed by atoms with E-state index in [4.69, 9.17) is 0 Å². The highest BCUT2D eigenvalue weighted by molar-refractivity contribution is 7.92. The Morgan fingerprint density at radius 3 is 2.43 bits per heavy atom. The van der Waals surface area contributed by atoms with Crippen molar-refractivity contribution < 1.29 is 8.42 Å². The number of aromatic nitrogens is 4. The summed E-state index contributed by atoms with van der Waals surface area (Å²) in [4.78, 5) is 6.29. The van der Waals surface area contributed by atoms with Gasteiger partial charge in [0.25, 0.3) is 10.0 Å². The second kappa shape index (κ2) is 8.31. The molecule has 0 saturated carbocycles. The Morgan fingerprint density at radius 2 is 1.77 bits per heavy atom. The van der Waals surface area contributed by atoms with E-state index in [9.17, 15) is 8.42 Å². The molecule has 9 nitrogen and oxygen atoms in total. The van der Waals surface area contributed by atoms with Gasteiger partial charge in [0, 0.05) is 42.8 Å². The number of nitrogens with zero attached hydrogens (tertiary/aromatic N) is 5. The van der Waals surface area contributed by atoms with Gasteiger partial charge in [0.1, 0.15) is 0 Å². The van der Waals surface area contributed by atoms with Crippen molar-refractivity contribution in [2.75, 3.05) is 28.0 Å². The zero-order valence-corrected chi connectivity index (χ0v) is 17.8. The monoisotopic (exact) mass is 427 g/mol. The van der Waals surface area contributed by atoms with E-state index in [1.165, 1.54) is 25.4 Å². The second-order valence-electron chi connectivity index (χ2n) is 7.55. The molecule has 3 aromatic rings. The fourth-order valence-corrected chi connectivity index (χ4v) is 4.28. The molecule has 0 aliphatic carbocycles. The average Bonchev–Trinajstić information content (AvgIpc) is 3.42. The maximum absolute atomic E-state index is 12.6. The Bertz CT molecular complexity index is 1100. The lowest BCUT2D eigenvalue weighted by molar-refractivity contribution is 0.591. The molecule has 3 heterocycles. The molecule has 0 radical (unpaired) electrons. The molecule has 0 amide bonds. The number of hydrogen-bond acceptors (Lipinski definition) is 7. The van der Waals surface area contributed by atoms with Crippen LogP contribution in [0.2, 0.25) is 0 Å². The van der Waals surface area contributed by atoms with E-state index >= 15 is 0 Å². The van der Waals surface area contributed by atoms with Crippen LogP contribution in [0.5, 0.6) is 0 Å². The van der Waals surface area contributed by atoms with Crippen molar-refractivity contribution >= 4 is 32.9 Å². The summed E-state index contributed by atoms with van der Waals surface area (Å²) in [6.07, 6.45) is 7.20. The molecule has 2 N–H and O–H groups in total. The average molecular weight is 428 g/mol. The van der Waals surface area contributed by atoms with Crippen LogP contribution in [-0.2, 0) is 10.0 Å². The highest BCUT2D eigenvalue weighted by Gasteiger charge is 2.18. The van der Waals surface area contributed by atoms with E-state index in [0.29, 0.717) is 11.5 Å². The maximum Gasteiger partial charge on any atom is 0.280 e. The largest absolute Gasteiger partial charge is 0.370 e. The van der Waals surface area contributed by atoms with Crippen molar-refractivity contribution in [2.24, 2.45) is 0 Å². The molecule has 10 heteroatoms. The summed E-state index contributed by atoms with van der Waals surface area (Å²) >= 11 is 0. The Labute approximate surface area is 176 Å². The van der Waals surface area contributed by atoms with Gasteiger partial charge in [0.15, 0.2) is 10.8 Å². The number of rotatable bonds is 7. The first-order valence-corrected chi connectivity index (χ1v) is 11.4. The molecule has 1 aromatic carbocycles. The van der Waals surface area contributed by atoms with E-state index in [0.717, 1.165) is 24.5 Å². The van der Waals surface area contributed by atoms with Gasteiger partial charge < -0.3 is 14.8 Å². The van der Waals surface area contributed by atoms with Crippen LogP contribution < -0.4 is 14.9 Å². The lowest BCUT2D eigenvalue weighted by Gasteiger charge is -2.17. The highest BCUT2D eigenvalue weighted by Crippen LogP contribution is 2.24. The number of benzene rings is 1. The molecule has 1 saturated heterocycles. The summed E-state index contributed by atoms with van der Waals surface area (Å²) in [6, 6.07) is 9.07. The lowest BCUT2D eigenvalue weighted by atomic mass is 10.3. The van der Waals surface area contributed by atoms with Crippen molar-refractivity contribution in [1.82, 2.24) is 19.7 Å². The molecule has 30 heavy (non-hydrogen) atoms. The van der Waals surface area contributed by atoms with Gasteiger partial charge in [-0.05, 0) is 51.0 Å². The number of anilines is 4. The van der Waals surface area contributed by atoms with Crippen molar-refractivity contribution in [3.63, 3.8) is 0 Å². The number of imidazole rings is 1. The molecule has 0 atom stereocenters. The third-order valence-corrected chi connectivity index (χ3v) is 6.24. The van der Waals surface area contributed by atoms with E-state index in [1.54, 1.807) is 35.0 Å². The van der Waals surface area contributed by atoms with Crippen LogP contribution in [-0.4, -0.2) is 41.3 Å². The molecular formula is C20H25N7O2S. The van der Waals surface area contributed by atoms with Gasteiger partial charge in [-0.15, -0.1) is 5.10 Å². The van der Waals surface area contributed by atoms with Crippen molar-refractivity contribution in [2.45, 2.75) is 37.8 Å². The molecule has 0 unspecified atom stereocenters. The maximum atomic E-state index is 12.6. The van der Waals surface area contributed by atoms with E-state index < -0.39 is 10.0 Å². The summed E-state index contributed by atoms with van der Waals surface area (Å²) in [7, 11) is -3.74. The molecule has 0 bridgehead atoms. The standard InChI is InChI=1S/C20H25N7O2S/c1-15(2)27-13-20(21-14-27)30(28,29)25-17-7-5-16(6-8-17)23-19-11-18(12-22-24-19)26-9-3-4-10-26/h5-8,11-15,25H,3-4,9-10H2,1-2H3,(H,23,24). The van der Waals surface area contributed by atoms with Gasteiger partial charge in [-0.25, -0.2) is 4.98 Å². The topological polar surface area (TPSA) is 105 Å².